The minimum atomic E-state index is -0.550. The van der Waals surface area contributed by atoms with Gasteiger partial charge in [0.25, 0.3) is 0 Å². The minimum absolute atomic E-state index is 0.0114. The van der Waals surface area contributed by atoms with E-state index in [0.717, 1.165) is 12.8 Å². The monoisotopic (exact) mass is 232 g/mol. The van der Waals surface area contributed by atoms with Gasteiger partial charge >= 0.3 is 5.97 Å². The zero-order valence-corrected chi connectivity index (χ0v) is 9.89. The molecule has 1 aromatic rings. The van der Waals surface area contributed by atoms with Crippen LogP contribution < -0.4 is 0 Å². The lowest BCUT2D eigenvalue weighted by molar-refractivity contribution is -0.134. The van der Waals surface area contributed by atoms with Gasteiger partial charge in [-0.1, -0.05) is 25.1 Å². The van der Waals surface area contributed by atoms with Gasteiger partial charge < -0.3 is 4.74 Å². The fourth-order valence-corrected chi connectivity index (χ4v) is 2.10. The molecule has 17 heavy (non-hydrogen) atoms. The molecule has 0 N–H and O–H groups in total. The number of ketones is 1. The minimum Gasteiger partial charge on any atom is -0.451 e. The van der Waals surface area contributed by atoms with E-state index < -0.39 is 12.1 Å². The van der Waals surface area contributed by atoms with Crippen molar-refractivity contribution in [3.8, 4) is 0 Å². The highest BCUT2D eigenvalue weighted by molar-refractivity contribution is 5.93. The standard InChI is InChI=1S/C14H16O3/c1-10-6-5-9-12(13(10)15)17-14(16)11-7-3-2-4-8-11/h2-4,7-8,10,12H,5-6,9H2,1H3. The first-order valence-electron chi connectivity index (χ1n) is 5.98. The van der Waals surface area contributed by atoms with Crippen LogP contribution in [-0.4, -0.2) is 17.9 Å². The molecular formula is C14H16O3. The van der Waals surface area contributed by atoms with Crippen molar-refractivity contribution in [1.82, 2.24) is 0 Å². The maximum Gasteiger partial charge on any atom is 0.338 e. The number of hydrogen-bond acceptors (Lipinski definition) is 3. The van der Waals surface area contributed by atoms with Crippen LogP contribution in [0.2, 0.25) is 0 Å². The van der Waals surface area contributed by atoms with Crippen molar-refractivity contribution in [3.05, 3.63) is 35.9 Å². The maximum atomic E-state index is 11.8. The predicted molar refractivity (Wildman–Crippen MR) is 63.7 cm³/mol. The van der Waals surface area contributed by atoms with Crippen LogP contribution in [0.15, 0.2) is 30.3 Å². The van der Waals surface area contributed by atoms with Crippen molar-refractivity contribution in [2.75, 3.05) is 0 Å². The van der Waals surface area contributed by atoms with Crippen molar-refractivity contribution in [2.45, 2.75) is 32.3 Å². The van der Waals surface area contributed by atoms with Gasteiger partial charge in [0.2, 0.25) is 0 Å². The average molecular weight is 232 g/mol. The Morgan fingerprint density at radius 2 is 1.94 bits per heavy atom. The summed E-state index contributed by atoms with van der Waals surface area (Å²) in [4.78, 5) is 23.6. The van der Waals surface area contributed by atoms with Crippen LogP contribution in [0.5, 0.6) is 0 Å². The SMILES string of the molecule is CC1CCCC(OC(=O)c2ccccc2)C1=O. The fourth-order valence-electron chi connectivity index (χ4n) is 2.10. The lowest BCUT2D eigenvalue weighted by Crippen LogP contribution is -2.35. The summed E-state index contributed by atoms with van der Waals surface area (Å²) in [5.41, 5.74) is 0.499. The summed E-state index contributed by atoms with van der Waals surface area (Å²) in [5.74, 6) is -0.337. The molecule has 2 atom stereocenters. The molecule has 1 fully saturated rings. The molecule has 3 nitrogen and oxygen atoms in total. The molecule has 1 aromatic carbocycles. The summed E-state index contributed by atoms with van der Waals surface area (Å²) in [7, 11) is 0. The second-order valence-corrected chi connectivity index (χ2v) is 4.49. The number of esters is 1. The second-order valence-electron chi connectivity index (χ2n) is 4.49. The summed E-state index contributed by atoms with van der Waals surface area (Å²) in [6.45, 7) is 1.89. The molecule has 0 heterocycles. The Kier molecular flexibility index (Phi) is 3.57. The van der Waals surface area contributed by atoms with E-state index in [1.807, 2.05) is 13.0 Å². The molecule has 3 heteroatoms. The number of ether oxygens (including phenoxy) is 1. The Morgan fingerprint density at radius 1 is 1.24 bits per heavy atom. The first-order chi connectivity index (χ1) is 8.18. The maximum absolute atomic E-state index is 11.8. The van der Waals surface area contributed by atoms with Crippen LogP contribution in [-0.2, 0) is 9.53 Å². The topological polar surface area (TPSA) is 43.4 Å². The van der Waals surface area contributed by atoms with Crippen LogP contribution >= 0.6 is 0 Å². The molecule has 90 valence electrons. The second kappa shape index (κ2) is 5.13. The largest absolute Gasteiger partial charge is 0.451 e. The smallest absolute Gasteiger partial charge is 0.338 e. The van der Waals surface area contributed by atoms with E-state index in [1.165, 1.54) is 0 Å². The average Bonchev–Trinajstić information content (AvgIpc) is 2.36. The van der Waals surface area contributed by atoms with Crippen molar-refractivity contribution >= 4 is 11.8 Å². The van der Waals surface area contributed by atoms with Gasteiger partial charge in [-0.25, -0.2) is 4.79 Å². The molecule has 0 bridgehead atoms. The van der Waals surface area contributed by atoms with Crippen LogP contribution in [0.4, 0.5) is 0 Å². The van der Waals surface area contributed by atoms with Gasteiger partial charge in [-0.3, -0.25) is 4.79 Å². The third-order valence-electron chi connectivity index (χ3n) is 3.17. The third-order valence-corrected chi connectivity index (χ3v) is 3.17. The quantitative estimate of drug-likeness (QED) is 0.736. The van der Waals surface area contributed by atoms with E-state index in [4.69, 9.17) is 4.74 Å². The van der Waals surface area contributed by atoms with Gasteiger partial charge in [-0.2, -0.15) is 0 Å². The first kappa shape index (κ1) is 11.8. The Hall–Kier alpha value is -1.64. The molecule has 0 radical (unpaired) electrons. The van der Waals surface area contributed by atoms with E-state index >= 15 is 0 Å². The Labute approximate surface area is 101 Å². The first-order valence-corrected chi connectivity index (χ1v) is 5.98. The molecule has 0 aromatic heterocycles. The summed E-state index contributed by atoms with van der Waals surface area (Å²) < 4.78 is 5.27. The fraction of sp³-hybridized carbons (Fsp3) is 0.429. The van der Waals surface area contributed by atoms with Gasteiger partial charge in [-0.05, 0) is 31.4 Å². The van der Waals surface area contributed by atoms with Crippen molar-refractivity contribution in [1.29, 1.82) is 0 Å². The summed E-state index contributed by atoms with van der Waals surface area (Å²) in [6.07, 6.45) is 1.95. The van der Waals surface area contributed by atoms with Gasteiger partial charge in [0.15, 0.2) is 11.9 Å². The van der Waals surface area contributed by atoms with Crippen molar-refractivity contribution in [2.24, 2.45) is 5.92 Å². The van der Waals surface area contributed by atoms with Crippen LogP contribution in [0.1, 0.15) is 36.5 Å². The summed E-state index contributed by atoms with van der Waals surface area (Å²) in [6, 6.07) is 8.78. The molecule has 2 unspecified atom stereocenters. The lowest BCUT2D eigenvalue weighted by atomic mass is 9.87. The Bertz CT molecular complexity index is 411. The van der Waals surface area contributed by atoms with Gasteiger partial charge in [-0.15, -0.1) is 0 Å². The van der Waals surface area contributed by atoms with Crippen LogP contribution in [0.3, 0.4) is 0 Å². The summed E-state index contributed by atoms with van der Waals surface area (Å²) in [5, 5.41) is 0. The van der Waals surface area contributed by atoms with Crippen molar-refractivity contribution < 1.29 is 14.3 Å². The highest BCUT2D eigenvalue weighted by atomic mass is 16.5. The summed E-state index contributed by atoms with van der Waals surface area (Å²) >= 11 is 0. The van der Waals surface area contributed by atoms with Gasteiger partial charge in [0, 0.05) is 5.92 Å². The molecule has 1 aliphatic carbocycles. The zero-order chi connectivity index (χ0) is 12.3. The Balaban J connectivity index is 2.01. The highest BCUT2D eigenvalue weighted by Gasteiger charge is 2.31. The number of carbonyl (C=O) groups is 2. The van der Waals surface area contributed by atoms with E-state index in [1.54, 1.807) is 24.3 Å². The van der Waals surface area contributed by atoms with Crippen LogP contribution in [0.25, 0.3) is 0 Å². The number of rotatable bonds is 2. The van der Waals surface area contributed by atoms with Crippen LogP contribution in [0, 0.1) is 5.92 Å². The number of Topliss-reactive ketones (excluding diaryl/α,β-unsaturated/α-hetero) is 1. The molecule has 1 saturated carbocycles. The number of hydrogen-bond donors (Lipinski definition) is 0. The van der Waals surface area contributed by atoms with Crippen molar-refractivity contribution in [3.63, 3.8) is 0 Å². The normalized spacial score (nSPS) is 24.4. The van der Waals surface area contributed by atoms with E-state index in [-0.39, 0.29) is 11.7 Å². The van der Waals surface area contributed by atoms with Gasteiger partial charge in [0.1, 0.15) is 0 Å². The molecule has 2 rings (SSSR count). The molecule has 0 spiro atoms. The lowest BCUT2D eigenvalue weighted by Gasteiger charge is -2.25. The molecular weight excluding hydrogens is 216 g/mol. The molecule has 0 amide bonds. The predicted octanol–water partition coefficient (Wildman–Crippen LogP) is 2.60. The zero-order valence-electron chi connectivity index (χ0n) is 9.89. The molecule has 0 saturated heterocycles. The van der Waals surface area contributed by atoms with E-state index in [2.05, 4.69) is 0 Å². The molecule has 0 aliphatic heterocycles. The van der Waals surface area contributed by atoms with E-state index in [9.17, 15) is 9.59 Å². The van der Waals surface area contributed by atoms with Gasteiger partial charge in [0.05, 0.1) is 5.56 Å². The third kappa shape index (κ3) is 2.73. The molecule has 1 aliphatic rings. The Morgan fingerprint density at radius 3 is 2.65 bits per heavy atom. The highest BCUT2D eigenvalue weighted by Crippen LogP contribution is 2.23. The number of benzene rings is 1. The van der Waals surface area contributed by atoms with E-state index in [0.29, 0.717) is 12.0 Å². The number of carbonyl (C=O) groups excluding carboxylic acids is 2.